The van der Waals surface area contributed by atoms with Gasteiger partial charge in [0.05, 0.1) is 22.8 Å². The maximum Gasteiger partial charge on any atom is 0.257 e. The van der Waals surface area contributed by atoms with E-state index in [1.54, 1.807) is 22.8 Å². The van der Waals surface area contributed by atoms with Crippen LogP contribution in [0.4, 0.5) is 0 Å². The van der Waals surface area contributed by atoms with Gasteiger partial charge in [-0.1, -0.05) is 42.0 Å². The van der Waals surface area contributed by atoms with Crippen LogP contribution in [0.15, 0.2) is 54.7 Å². The predicted octanol–water partition coefficient (Wildman–Crippen LogP) is 3.42. The van der Waals surface area contributed by atoms with Crippen LogP contribution in [0.1, 0.15) is 27.9 Å². The largest absolute Gasteiger partial charge is 0.338 e. The van der Waals surface area contributed by atoms with Crippen LogP contribution in [0.25, 0.3) is 16.9 Å². The van der Waals surface area contributed by atoms with E-state index in [-0.39, 0.29) is 23.5 Å². The van der Waals surface area contributed by atoms with Crippen LogP contribution < -0.4 is 0 Å². The second-order valence-electron chi connectivity index (χ2n) is 7.96. The molecule has 0 spiro atoms. The average Bonchev–Trinajstić information content (AvgIpc) is 3.31. The lowest BCUT2D eigenvalue weighted by Gasteiger charge is -2.23. The van der Waals surface area contributed by atoms with Crippen molar-refractivity contribution in [3.8, 4) is 16.9 Å². The van der Waals surface area contributed by atoms with Gasteiger partial charge in [-0.3, -0.25) is 4.79 Å². The van der Waals surface area contributed by atoms with E-state index in [4.69, 9.17) is 5.10 Å². The highest BCUT2D eigenvalue weighted by molar-refractivity contribution is 7.91. The van der Waals surface area contributed by atoms with Crippen molar-refractivity contribution in [1.29, 1.82) is 0 Å². The lowest BCUT2D eigenvalue weighted by molar-refractivity contribution is 0.0748. The van der Waals surface area contributed by atoms with Gasteiger partial charge in [0.25, 0.3) is 5.91 Å². The van der Waals surface area contributed by atoms with E-state index >= 15 is 0 Å². The van der Waals surface area contributed by atoms with Crippen molar-refractivity contribution in [3.63, 3.8) is 0 Å². The summed E-state index contributed by atoms with van der Waals surface area (Å²) < 4.78 is 25.5. The van der Waals surface area contributed by atoms with Gasteiger partial charge >= 0.3 is 0 Å². The highest BCUT2D eigenvalue weighted by Crippen LogP contribution is 2.29. The Morgan fingerprint density at radius 2 is 1.87 bits per heavy atom. The van der Waals surface area contributed by atoms with Gasteiger partial charge in [0.1, 0.15) is 5.69 Å². The number of amides is 1. The molecule has 1 aliphatic rings. The first-order chi connectivity index (χ1) is 14.2. The second-order valence-corrected chi connectivity index (χ2v) is 10.2. The Balaban J connectivity index is 1.79. The molecule has 0 radical (unpaired) electrons. The van der Waals surface area contributed by atoms with Crippen molar-refractivity contribution in [3.05, 3.63) is 71.4 Å². The molecule has 0 unspecified atom stereocenters. The summed E-state index contributed by atoms with van der Waals surface area (Å²) in [5.74, 6) is -0.0713. The number of rotatable bonds is 4. The maximum absolute atomic E-state index is 13.4. The monoisotopic (exact) mass is 423 g/mol. The molecule has 1 atom stereocenters. The van der Waals surface area contributed by atoms with Crippen LogP contribution >= 0.6 is 0 Å². The number of benzene rings is 2. The van der Waals surface area contributed by atoms with Crippen molar-refractivity contribution < 1.29 is 13.2 Å². The maximum atomic E-state index is 13.4. The number of nitrogens with zero attached hydrogens (tertiary/aromatic N) is 3. The van der Waals surface area contributed by atoms with Crippen LogP contribution in [0.3, 0.4) is 0 Å². The minimum Gasteiger partial charge on any atom is -0.338 e. The van der Waals surface area contributed by atoms with Crippen molar-refractivity contribution in [2.45, 2.75) is 26.3 Å². The third-order valence-electron chi connectivity index (χ3n) is 5.68. The summed E-state index contributed by atoms with van der Waals surface area (Å²) in [4.78, 5) is 15.0. The number of hydrogen-bond acceptors (Lipinski definition) is 4. The molecule has 156 valence electrons. The Kier molecular flexibility index (Phi) is 5.24. The van der Waals surface area contributed by atoms with Gasteiger partial charge in [0.15, 0.2) is 9.84 Å². The number of carbonyl (C=O) groups excluding carboxylic acids is 1. The number of hydrogen-bond donors (Lipinski definition) is 0. The Hall–Kier alpha value is -2.93. The lowest BCUT2D eigenvalue weighted by atomic mass is 10.00. The zero-order chi connectivity index (χ0) is 21.5. The van der Waals surface area contributed by atoms with Crippen LogP contribution in [0.2, 0.25) is 0 Å². The molecule has 1 fully saturated rings. The van der Waals surface area contributed by atoms with Crippen molar-refractivity contribution in [1.82, 2.24) is 14.7 Å². The molecule has 0 bridgehead atoms. The summed E-state index contributed by atoms with van der Waals surface area (Å²) in [6, 6.07) is 15.4. The van der Waals surface area contributed by atoms with Crippen LogP contribution in [0.5, 0.6) is 0 Å². The quantitative estimate of drug-likeness (QED) is 0.645. The first kappa shape index (κ1) is 20.3. The Bertz CT molecular complexity index is 1200. The van der Waals surface area contributed by atoms with Crippen molar-refractivity contribution in [2.75, 3.05) is 18.6 Å². The molecule has 0 N–H and O–H groups in total. The minimum atomic E-state index is -3.08. The molecule has 1 saturated heterocycles. The predicted molar refractivity (Wildman–Crippen MR) is 118 cm³/mol. The van der Waals surface area contributed by atoms with Crippen LogP contribution in [0, 0.1) is 13.8 Å². The van der Waals surface area contributed by atoms with E-state index in [0.717, 1.165) is 22.4 Å². The number of carbonyl (C=O) groups is 1. The molecule has 0 aliphatic carbocycles. The van der Waals surface area contributed by atoms with E-state index in [2.05, 4.69) is 6.07 Å². The summed E-state index contributed by atoms with van der Waals surface area (Å²) in [6.07, 6.45) is 2.21. The van der Waals surface area contributed by atoms with Gasteiger partial charge in [0, 0.05) is 24.8 Å². The fourth-order valence-corrected chi connectivity index (χ4v) is 5.73. The molecule has 2 aromatic carbocycles. The van der Waals surface area contributed by atoms with Crippen molar-refractivity contribution >= 4 is 15.7 Å². The average molecular weight is 424 g/mol. The summed E-state index contributed by atoms with van der Waals surface area (Å²) in [7, 11) is -1.40. The highest BCUT2D eigenvalue weighted by Gasteiger charge is 2.34. The summed E-state index contributed by atoms with van der Waals surface area (Å²) >= 11 is 0. The third-order valence-corrected chi connectivity index (χ3v) is 7.43. The van der Waals surface area contributed by atoms with E-state index in [9.17, 15) is 13.2 Å². The van der Waals surface area contributed by atoms with Gasteiger partial charge in [0.2, 0.25) is 0 Å². The first-order valence-corrected chi connectivity index (χ1v) is 11.8. The molecule has 30 heavy (non-hydrogen) atoms. The standard InChI is InChI=1S/C23H25N3O3S/c1-16-9-10-20(17(2)13-16)22-21(14-26(24-22)18-7-5-4-6-8-18)23(27)25(3)19-11-12-30(28,29)15-19/h4-10,13-14,19H,11-12,15H2,1-3H3/t19-/m0/s1. The Morgan fingerprint density at radius 1 is 1.13 bits per heavy atom. The van der Waals surface area contributed by atoms with Gasteiger partial charge in [-0.25, -0.2) is 13.1 Å². The zero-order valence-corrected chi connectivity index (χ0v) is 18.2. The zero-order valence-electron chi connectivity index (χ0n) is 17.4. The summed E-state index contributed by atoms with van der Waals surface area (Å²) in [5.41, 5.74) is 5.00. The van der Waals surface area contributed by atoms with E-state index in [1.165, 1.54) is 0 Å². The van der Waals surface area contributed by atoms with Gasteiger partial charge in [-0.2, -0.15) is 5.10 Å². The van der Waals surface area contributed by atoms with E-state index < -0.39 is 9.84 Å². The molecule has 4 rings (SSSR count). The topological polar surface area (TPSA) is 72.3 Å². The molecule has 0 saturated carbocycles. The van der Waals surface area contributed by atoms with Crippen molar-refractivity contribution in [2.24, 2.45) is 0 Å². The van der Waals surface area contributed by atoms with Gasteiger partial charge < -0.3 is 4.90 Å². The van der Waals surface area contributed by atoms with Gasteiger partial charge in [-0.15, -0.1) is 0 Å². The highest BCUT2D eigenvalue weighted by atomic mass is 32.2. The van der Waals surface area contributed by atoms with Gasteiger partial charge in [-0.05, 0) is 38.0 Å². The second kappa shape index (κ2) is 7.72. The molecule has 2 heterocycles. The molecule has 3 aromatic rings. The molecule has 1 amide bonds. The smallest absolute Gasteiger partial charge is 0.257 e. The Morgan fingerprint density at radius 3 is 2.50 bits per heavy atom. The number of aryl methyl sites for hydroxylation is 2. The first-order valence-electron chi connectivity index (χ1n) is 9.95. The molecular weight excluding hydrogens is 398 g/mol. The van der Waals surface area contributed by atoms with Crippen LogP contribution in [-0.2, 0) is 9.84 Å². The number of sulfone groups is 1. The minimum absolute atomic E-state index is 0.0148. The third kappa shape index (κ3) is 3.89. The fraction of sp³-hybridized carbons (Fsp3) is 0.304. The molecule has 6 nitrogen and oxygen atoms in total. The van der Waals surface area contributed by atoms with Crippen LogP contribution in [-0.4, -0.2) is 53.6 Å². The molecule has 1 aromatic heterocycles. The van der Waals surface area contributed by atoms with E-state index in [1.807, 2.05) is 56.3 Å². The molecular formula is C23H25N3O3S. The SMILES string of the molecule is Cc1ccc(-c2nn(-c3ccccc3)cc2C(=O)N(C)[C@H]2CCS(=O)(=O)C2)c(C)c1. The normalized spacial score (nSPS) is 17.8. The number of aromatic nitrogens is 2. The lowest BCUT2D eigenvalue weighted by Crippen LogP contribution is -2.37. The molecule has 1 aliphatic heterocycles. The Labute approximate surface area is 177 Å². The molecule has 7 heteroatoms. The fourth-order valence-electron chi connectivity index (χ4n) is 3.96. The summed E-state index contributed by atoms with van der Waals surface area (Å²) in [6.45, 7) is 4.03. The summed E-state index contributed by atoms with van der Waals surface area (Å²) in [5, 5.41) is 4.75. The van der Waals surface area contributed by atoms with E-state index in [0.29, 0.717) is 17.7 Å². The number of para-hydroxylation sites is 1.